The molecular formula is C23H28N4O. The average Bonchev–Trinajstić information content (AvgIpc) is 3.07. The van der Waals surface area contributed by atoms with Gasteiger partial charge in [0.25, 0.3) is 0 Å². The van der Waals surface area contributed by atoms with Crippen LogP contribution in [0.1, 0.15) is 33.3 Å². The van der Waals surface area contributed by atoms with Crippen molar-refractivity contribution in [1.29, 1.82) is 0 Å². The van der Waals surface area contributed by atoms with E-state index in [0.717, 1.165) is 23.5 Å². The summed E-state index contributed by atoms with van der Waals surface area (Å²) in [5, 5.41) is 9.13. The number of aromatic nitrogens is 3. The van der Waals surface area contributed by atoms with Crippen molar-refractivity contribution >= 4 is 5.69 Å². The van der Waals surface area contributed by atoms with Crippen LogP contribution in [0.2, 0.25) is 0 Å². The summed E-state index contributed by atoms with van der Waals surface area (Å²) in [6, 6.07) is 17.1. The van der Waals surface area contributed by atoms with Crippen molar-refractivity contribution in [1.82, 2.24) is 15.0 Å². The van der Waals surface area contributed by atoms with Gasteiger partial charge in [0.2, 0.25) is 0 Å². The normalized spacial score (nSPS) is 13.4. The van der Waals surface area contributed by atoms with E-state index in [0.29, 0.717) is 19.8 Å². The third-order valence-electron chi connectivity index (χ3n) is 5.25. The van der Waals surface area contributed by atoms with Gasteiger partial charge in [-0.05, 0) is 39.3 Å². The molecule has 5 heteroatoms. The van der Waals surface area contributed by atoms with Gasteiger partial charge in [-0.2, -0.15) is 0 Å². The third-order valence-corrected chi connectivity index (χ3v) is 5.25. The van der Waals surface area contributed by atoms with E-state index in [1.807, 2.05) is 11.6 Å². The smallest absolute Gasteiger partial charge is 0.123 e. The summed E-state index contributed by atoms with van der Waals surface area (Å²) in [7, 11) is 0. The number of para-hydroxylation sites is 1. The van der Waals surface area contributed by atoms with E-state index in [4.69, 9.17) is 4.74 Å². The molecule has 1 aromatic heterocycles. The van der Waals surface area contributed by atoms with Gasteiger partial charge in [-0.15, -0.1) is 5.10 Å². The Labute approximate surface area is 166 Å². The monoisotopic (exact) mass is 376 g/mol. The molecule has 3 aromatic rings. The summed E-state index contributed by atoms with van der Waals surface area (Å²) in [5.74, 6) is 0. The highest BCUT2D eigenvalue weighted by atomic mass is 16.5. The average molecular weight is 377 g/mol. The minimum absolute atomic E-state index is 0.0221. The molecule has 5 nitrogen and oxygen atoms in total. The van der Waals surface area contributed by atoms with Crippen LogP contribution >= 0.6 is 0 Å². The van der Waals surface area contributed by atoms with E-state index in [1.54, 1.807) is 0 Å². The number of benzene rings is 2. The number of rotatable bonds is 4. The fourth-order valence-corrected chi connectivity index (χ4v) is 3.87. The molecule has 0 amide bonds. The van der Waals surface area contributed by atoms with E-state index in [-0.39, 0.29) is 5.54 Å². The highest BCUT2D eigenvalue weighted by Crippen LogP contribution is 2.42. The van der Waals surface area contributed by atoms with Crippen LogP contribution < -0.4 is 4.90 Å². The lowest BCUT2D eigenvalue weighted by Gasteiger charge is -2.40. The van der Waals surface area contributed by atoms with Crippen molar-refractivity contribution in [3.8, 4) is 22.5 Å². The van der Waals surface area contributed by atoms with Crippen LogP contribution in [0.25, 0.3) is 22.5 Å². The highest BCUT2D eigenvalue weighted by molar-refractivity contribution is 5.88. The van der Waals surface area contributed by atoms with Crippen molar-refractivity contribution in [2.75, 3.05) is 18.1 Å². The van der Waals surface area contributed by atoms with Gasteiger partial charge in [0.1, 0.15) is 5.69 Å². The second kappa shape index (κ2) is 7.40. The Hall–Kier alpha value is -2.66. The standard InChI is InChI=1S/C23H28N4O/c1-5-28-15-14-27-22-18-11-7-6-10-17(18)16-26(23(2,3)4)20-13-9-8-12-19(20)21(22)24-25-27/h6-13H,5,14-16H2,1-4H3. The number of anilines is 1. The largest absolute Gasteiger partial charge is 0.380 e. The second-order valence-corrected chi connectivity index (χ2v) is 8.14. The first-order valence-corrected chi connectivity index (χ1v) is 9.97. The Kier molecular flexibility index (Phi) is 4.94. The Balaban J connectivity index is 1.95. The Morgan fingerprint density at radius 2 is 1.71 bits per heavy atom. The summed E-state index contributed by atoms with van der Waals surface area (Å²) >= 11 is 0. The number of fused-ring (bicyclic) bond motifs is 5. The maximum absolute atomic E-state index is 5.58. The van der Waals surface area contributed by atoms with E-state index in [1.165, 1.54) is 16.8 Å². The van der Waals surface area contributed by atoms with Gasteiger partial charge < -0.3 is 9.64 Å². The fourth-order valence-electron chi connectivity index (χ4n) is 3.87. The maximum Gasteiger partial charge on any atom is 0.123 e. The topological polar surface area (TPSA) is 43.2 Å². The molecule has 0 bridgehead atoms. The molecule has 1 aliphatic heterocycles. The summed E-state index contributed by atoms with van der Waals surface area (Å²) < 4.78 is 7.57. The quantitative estimate of drug-likeness (QED) is 0.615. The number of ether oxygens (including phenoxy) is 1. The molecule has 28 heavy (non-hydrogen) atoms. The lowest BCUT2D eigenvalue weighted by molar-refractivity contribution is 0.136. The molecule has 0 saturated carbocycles. The maximum atomic E-state index is 5.58. The Bertz CT molecular complexity index is 971. The van der Waals surface area contributed by atoms with Crippen molar-refractivity contribution < 1.29 is 4.74 Å². The molecule has 2 aromatic carbocycles. The molecule has 146 valence electrons. The van der Waals surface area contributed by atoms with Crippen molar-refractivity contribution in [2.24, 2.45) is 0 Å². The van der Waals surface area contributed by atoms with Gasteiger partial charge in [0.05, 0.1) is 18.8 Å². The molecule has 0 radical (unpaired) electrons. The minimum atomic E-state index is -0.0221. The van der Waals surface area contributed by atoms with Crippen LogP contribution in [0.15, 0.2) is 48.5 Å². The molecule has 0 spiro atoms. The predicted octanol–water partition coefficient (Wildman–Crippen LogP) is 4.77. The number of hydrogen-bond acceptors (Lipinski definition) is 4. The van der Waals surface area contributed by atoms with Gasteiger partial charge in [-0.3, -0.25) is 0 Å². The highest BCUT2D eigenvalue weighted by Gasteiger charge is 2.30. The molecular weight excluding hydrogens is 348 g/mol. The zero-order chi connectivity index (χ0) is 19.7. The second-order valence-electron chi connectivity index (χ2n) is 8.14. The molecule has 1 aliphatic rings. The first-order valence-electron chi connectivity index (χ1n) is 9.97. The van der Waals surface area contributed by atoms with Crippen molar-refractivity contribution in [2.45, 2.75) is 46.3 Å². The fraction of sp³-hybridized carbons (Fsp3) is 0.391. The molecule has 0 atom stereocenters. The van der Waals surface area contributed by atoms with E-state index in [9.17, 15) is 0 Å². The SMILES string of the molecule is CCOCCn1nnc2c1-c1ccccc1CN(C(C)(C)C)c1ccccc1-2. The first kappa shape index (κ1) is 18.7. The van der Waals surface area contributed by atoms with Crippen LogP contribution in [0.3, 0.4) is 0 Å². The molecule has 0 fully saturated rings. The van der Waals surface area contributed by atoms with Crippen LogP contribution in [0, 0.1) is 0 Å². The molecule has 0 aliphatic carbocycles. The molecule has 2 heterocycles. The molecule has 0 unspecified atom stereocenters. The van der Waals surface area contributed by atoms with Gasteiger partial charge in [-0.1, -0.05) is 47.7 Å². The zero-order valence-corrected chi connectivity index (χ0v) is 17.1. The van der Waals surface area contributed by atoms with Gasteiger partial charge in [-0.25, -0.2) is 4.68 Å². The lowest BCUT2D eigenvalue weighted by Crippen LogP contribution is -2.41. The number of nitrogens with zero attached hydrogens (tertiary/aromatic N) is 4. The first-order chi connectivity index (χ1) is 13.5. The number of hydrogen-bond donors (Lipinski definition) is 0. The van der Waals surface area contributed by atoms with Crippen LogP contribution in [-0.4, -0.2) is 33.7 Å². The lowest BCUT2D eigenvalue weighted by atomic mass is 9.92. The zero-order valence-electron chi connectivity index (χ0n) is 17.1. The third kappa shape index (κ3) is 3.31. The van der Waals surface area contributed by atoms with Crippen LogP contribution in [0.4, 0.5) is 5.69 Å². The Morgan fingerprint density at radius 3 is 2.46 bits per heavy atom. The summed E-state index contributed by atoms with van der Waals surface area (Å²) in [6.45, 7) is 11.7. The van der Waals surface area contributed by atoms with E-state index < -0.39 is 0 Å². The van der Waals surface area contributed by atoms with Gasteiger partial charge >= 0.3 is 0 Å². The molecule has 0 N–H and O–H groups in total. The van der Waals surface area contributed by atoms with Crippen molar-refractivity contribution in [3.05, 3.63) is 54.1 Å². The summed E-state index contributed by atoms with van der Waals surface area (Å²) in [4.78, 5) is 2.46. The summed E-state index contributed by atoms with van der Waals surface area (Å²) in [6.07, 6.45) is 0. The van der Waals surface area contributed by atoms with E-state index in [2.05, 4.69) is 84.5 Å². The summed E-state index contributed by atoms with van der Waals surface area (Å²) in [5.41, 5.74) is 6.80. The van der Waals surface area contributed by atoms with Crippen LogP contribution in [0.5, 0.6) is 0 Å². The predicted molar refractivity (Wildman–Crippen MR) is 113 cm³/mol. The molecule has 0 saturated heterocycles. The Morgan fingerprint density at radius 1 is 1.00 bits per heavy atom. The van der Waals surface area contributed by atoms with Gasteiger partial charge in [0.15, 0.2) is 0 Å². The molecule has 4 rings (SSSR count). The van der Waals surface area contributed by atoms with E-state index >= 15 is 0 Å². The minimum Gasteiger partial charge on any atom is -0.380 e. The van der Waals surface area contributed by atoms with Crippen LogP contribution in [-0.2, 0) is 17.8 Å². The van der Waals surface area contributed by atoms with Gasteiger partial charge in [0, 0.05) is 35.5 Å². The van der Waals surface area contributed by atoms with Crippen molar-refractivity contribution in [3.63, 3.8) is 0 Å².